The number of rotatable bonds is 6. The third-order valence-corrected chi connectivity index (χ3v) is 3.70. The number of hydrogen-bond donors (Lipinski definition) is 1. The minimum atomic E-state index is 0.573. The summed E-state index contributed by atoms with van der Waals surface area (Å²) in [5, 5.41) is 5.27. The third kappa shape index (κ3) is 5.75. The van der Waals surface area contributed by atoms with Gasteiger partial charge in [-0.2, -0.15) is 0 Å². The van der Waals surface area contributed by atoms with Crippen LogP contribution >= 0.6 is 11.8 Å². The van der Waals surface area contributed by atoms with Gasteiger partial charge in [-0.1, -0.05) is 18.7 Å². The zero-order chi connectivity index (χ0) is 11.8. The maximum atomic E-state index is 5.01. The zero-order valence-electron chi connectivity index (χ0n) is 10.7. The largest absolute Gasteiger partial charge is 0.385 e. The van der Waals surface area contributed by atoms with Crippen molar-refractivity contribution in [1.29, 1.82) is 0 Å². The normalized spacial score (nSPS) is 28.1. The number of amidine groups is 1. The van der Waals surface area contributed by atoms with Gasteiger partial charge >= 0.3 is 0 Å². The molecule has 0 amide bonds. The molecule has 3 nitrogen and oxygen atoms in total. The van der Waals surface area contributed by atoms with Crippen molar-refractivity contribution >= 4 is 16.9 Å². The molecule has 0 aromatic carbocycles. The van der Waals surface area contributed by atoms with E-state index in [1.54, 1.807) is 7.11 Å². The molecule has 0 saturated carbocycles. The molecule has 2 unspecified atom stereocenters. The van der Waals surface area contributed by atoms with E-state index in [1.807, 2.05) is 11.8 Å². The second kappa shape index (κ2) is 7.96. The number of thioether (sulfide) groups is 1. The van der Waals surface area contributed by atoms with Crippen LogP contribution in [0.2, 0.25) is 0 Å². The smallest absolute Gasteiger partial charge is 0.157 e. The zero-order valence-corrected chi connectivity index (χ0v) is 11.5. The number of ether oxygens (including phenoxy) is 1. The highest BCUT2D eigenvalue weighted by Crippen LogP contribution is 2.22. The molecular weight excluding hydrogens is 220 g/mol. The van der Waals surface area contributed by atoms with E-state index in [9.17, 15) is 0 Å². The predicted octanol–water partition coefficient (Wildman–Crippen LogP) is 2.66. The van der Waals surface area contributed by atoms with Crippen molar-refractivity contribution in [1.82, 2.24) is 5.32 Å². The van der Waals surface area contributed by atoms with Crippen LogP contribution in [0.5, 0.6) is 0 Å². The average molecular weight is 244 g/mol. The van der Waals surface area contributed by atoms with Crippen molar-refractivity contribution in [2.24, 2.45) is 4.99 Å². The Bertz CT molecular complexity index is 209. The van der Waals surface area contributed by atoms with E-state index in [0.717, 1.165) is 31.2 Å². The first-order chi connectivity index (χ1) is 7.72. The Morgan fingerprint density at radius 2 is 2.19 bits per heavy atom. The quantitative estimate of drug-likeness (QED) is 0.729. The van der Waals surface area contributed by atoms with Crippen molar-refractivity contribution < 1.29 is 4.74 Å². The second-order valence-electron chi connectivity index (χ2n) is 4.45. The number of nitrogens with zero attached hydrogens (tertiary/aromatic N) is 1. The fourth-order valence-corrected chi connectivity index (χ4v) is 3.04. The predicted molar refractivity (Wildman–Crippen MR) is 72.3 cm³/mol. The molecule has 1 fully saturated rings. The van der Waals surface area contributed by atoms with E-state index in [-0.39, 0.29) is 0 Å². The summed E-state index contributed by atoms with van der Waals surface area (Å²) < 4.78 is 5.01. The maximum absolute atomic E-state index is 5.01. The molecule has 0 radical (unpaired) electrons. The molecule has 1 aliphatic rings. The van der Waals surface area contributed by atoms with E-state index in [2.05, 4.69) is 24.2 Å². The molecular formula is C12H24N2OS. The average Bonchev–Trinajstić information content (AvgIpc) is 2.22. The summed E-state index contributed by atoms with van der Waals surface area (Å²) in [7, 11) is 1.76. The topological polar surface area (TPSA) is 33.6 Å². The molecule has 16 heavy (non-hydrogen) atoms. The Hall–Kier alpha value is -0.220. The van der Waals surface area contributed by atoms with Crippen LogP contribution in [-0.4, -0.2) is 36.7 Å². The minimum Gasteiger partial charge on any atom is -0.385 e. The first-order valence-corrected chi connectivity index (χ1v) is 7.07. The van der Waals surface area contributed by atoms with Crippen molar-refractivity contribution in [3.05, 3.63) is 0 Å². The lowest BCUT2D eigenvalue weighted by Crippen LogP contribution is -2.38. The van der Waals surface area contributed by atoms with Gasteiger partial charge in [-0.25, -0.2) is 0 Å². The number of methoxy groups -OCH3 is 1. The summed E-state index contributed by atoms with van der Waals surface area (Å²) in [6, 6.07) is 0.573. The molecule has 4 heteroatoms. The summed E-state index contributed by atoms with van der Waals surface area (Å²) in [6.07, 6.45) is 4.75. The standard InChI is InChI=1S/C12H24N2OS/c1-10-9-11(2)16-12(14-10)13-7-5-4-6-8-15-3/h10-11H,4-9H2,1-3H3,(H,13,14). The van der Waals surface area contributed by atoms with Crippen LogP contribution in [0.15, 0.2) is 4.99 Å². The van der Waals surface area contributed by atoms with Gasteiger partial charge in [-0.15, -0.1) is 0 Å². The van der Waals surface area contributed by atoms with Gasteiger partial charge in [-0.05, 0) is 32.6 Å². The number of nitrogens with one attached hydrogen (secondary N) is 1. The lowest BCUT2D eigenvalue weighted by Gasteiger charge is -2.26. The van der Waals surface area contributed by atoms with Crippen molar-refractivity contribution in [2.75, 3.05) is 20.3 Å². The lowest BCUT2D eigenvalue weighted by molar-refractivity contribution is 0.192. The highest BCUT2D eigenvalue weighted by Gasteiger charge is 2.19. The van der Waals surface area contributed by atoms with Gasteiger partial charge in [0.1, 0.15) is 0 Å². The molecule has 1 rings (SSSR count). The second-order valence-corrected chi connectivity index (χ2v) is 5.88. The summed E-state index contributed by atoms with van der Waals surface area (Å²) in [5.74, 6) is 0. The molecule has 2 atom stereocenters. The number of unbranched alkanes of at least 4 members (excludes halogenated alkanes) is 2. The molecule has 0 aliphatic carbocycles. The highest BCUT2D eigenvalue weighted by molar-refractivity contribution is 8.14. The van der Waals surface area contributed by atoms with Crippen molar-refractivity contribution in [3.63, 3.8) is 0 Å². The Labute approximate surface area is 103 Å². The monoisotopic (exact) mass is 244 g/mol. The van der Waals surface area contributed by atoms with Crippen LogP contribution in [0.25, 0.3) is 0 Å². The van der Waals surface area contributed by atoms with E-state index in [4.69, 9.17) is 4.74 Å². The Balaban J connectivity index is 2.13. The maximum Gasteiger partial charge on any atom is 0.157 e. The summed E-state index contributed by atoms with van der Waals surface area (Å²) in [5.41, 5.74) is 0. The van der Waals surface area contributed by atoms with Crippen LogP contribution in [0.3, 0.4) is 0 Å². The minimum absolute atomic E-state index is 0.573. The van der Waals surface area contributed by atoms with Crippen molar-refractivity contribution in [2.45, 2.75) is 50.8 Å². The van der Waals surface area contributed by atoms with Gasteiger partial charge < -0.3 is 10.1 Å². The SMILES string of the molecule is COCCCCCN=C1NC(C)CC(C)S1. The number of hydrogen-bond acceptors (Lipinski definition) is 3. The van der Waals surface area contributed by atoms with Gasteiger partial charge in [0.25, 0.3) is 0 Å². The lowest BCUT2D eigenvalue weighted by atomic mass is 10.2. The highest BCUT2D eigenvalue weighted by atomic mass is 32.2. The molecule has 1 saturated heterocycles. The van der Waals surface area contributed by atoms with Gasteiger partial charge in [0.2, 0.25) is 0 Å². The molecule has 0 aromatic rings. The Morgan fingerprint density at radius 3 is 2.88 bits per heavy atom. The molecule has 94 valence electrons. The van der Waals surface area contributed by atoms with E-state index in [1.165, 1.54) is 12.8 Å². The first-order valence-electron chi connectivity index (χ1n) is 6.19. The van der Waals surface area contributed by atoms with Crippen LogP contribution < -0.4 is 5.32 Å². The fourth-order valence-electron chi connectivity index (χ4n) is 1.84. The molecule has 1 aliphatic heterocycles. The van der Waals surface area contributed by atoms with E-state index < -0.39 is 0 Å². The van der Waals surface area contributed by atoms with E-state index in [0.29, 0.717) is 11.3 Å². The van der Waals surface area contributed by atoms with Crippen LogP contribution in [-0.2, 0) is 4.74 Å². The van der Waals surface area contributed by atoms with Crippen molar-refractivity contribution in [3.8, 4) is 0 Å². The summed E-state index contributed by atoms with van der Waals surface area (Å²) >= 11 is 1.87. The first kappa shape index (κ1) is 13.8. The Kier molecular flexibility index (Phi) is 6.88. The fraction of sp³-hybridized carbons (Fsp3) is 0.917. The summed E-state index contributed by atoms with van der Waals surface area (Å²) in [6.45, 7) is 6.32. The van der Waals surface area contributed by atoms with E-state index >= 15 is 0 Å². The van der Waals surface area contributed by atoms with Gasteiger partial charge in [0.15, 0.2) is 5.17 Å². The molecule has 1 N–H and O–H groups in total. The van der Waals surface area contributed by atoms with Gasteiger partial charge in [-0.3, -0.25) is 4.99 Å². The van der Waals surface area contributed by atoms with Gasteiger partial charge in [0, 0.05) is 31.6 Å². The molecule has 1 heterocycles. The van der Waals surface area contributed by atoms with Crippen LogP contribution in [0.1, 0.15) is 39.5 Å². The third-order valence-electron chi connectivity index (χ3n) is 2.63. The molecule has 0 spiro atoms. The Morgan fingerprint density at radius 1 is 1.38 bits per heavy atom. The molecule has 0 bridgehead atoms. The summed E-state index contributed by atoms with van der Waals surface area (Å²) in [4.78, 5) is 4.61. The molecule has 0 aromatic heterocycles. The van der Waals surface area contributed by atoms with Gasteiger partial charge in [0.05, 0.1) is 0 Å². The van der Waals surface area contributed by atoms with Crippen LogP contribution in [0.4, 0.5) is 0 Å². The van der Waals surface area contributed by atoms with Crippen LogP contribution in [0, 0.1) is 0 Å². The number of aliphatic imine (C=N–C) groups is 1.